The van der Waals surface area contributed by atoms with Crippen LogP contribution in [0, 0.1) is 16.7 Å². The molecule has 2 rings (SSSR count). The van der Waals surface area contributed by atoms with E-state index < -0.39 is 0 Å². The van der Waals surface area contributed by atoms with Crippen LogP contribution in [0.4, 0.5) is 0 Å². The van der Waals surface area contributed by atoms with Gasteiger partial charge in [-0.05, 0) is 47.3 Å². The number of nitrogens with one attached hydrogen (secondary N) is 1. The average molecular weight is 273 g/mol. The Bertz CT molecular complexity index is 427. The van der Waals surface area contributed by atoms with Gasteiger partial charge in [0.2, 0.25) is 0 Å². The van der Waals surface area contributed by atoms with Crippen molar-refractivity contribution in [3.05, 3.63) is 35.4 Å². The molecule has 1 unspecified atom stereocenters. The molecule has 1 atom stereocenters. The van der Waals surface area contributed by atoms with Crippen LogP contribution in [-0.2, 0) is 6.42 Å². The fraction of sp³-hybridized carbons (Fsp3) is 0.684. The molecule has 20 heavy (non-hydrogen) atoms. The minimum atomic E-state index is 0.418. The van der Waals surface area contributed by atoms with E-state index in [2.05, 4.69) is 71.1 Å². The maximum atomic E-state index is 3.80. The van der Waals surface area contributed by atoms with Crippen LogP contribution in [0.3, 0.4) is 0 Å². The van der Waals surface area contributed by atoms with Gasteiger partial charge in [-0.25, -0.2) is 0 Å². The summed E-state index contributed by atoms with van der Waals surface area (Å²) >= 11 is 0. The summed E-state index contributed by atoms with van der Waals surface area (Å²) in [7, 11) is 0. The molecule has 112 valence electrons. The molecule has 1 N–H and O–H groups in total. The fourth-order valence-corrected chi connectivity index (χ4v) is 3.77. The summed E-state index contributed by atoms with van der Waals surface area (Å²) in [6, 6.07) is 9.73. The monoisotopic (exact) mass is 273 g/mol. The van der Waals surface area contributed by atoms with Crippen LogP contribution in [0.2, 0.25) is 0 Å². The summed E-state index contributed by atoms with van der Waals surface area (Å²) in [5.41, 5.74) is 3.72. The predicted octanol–water partition coefficient (Wildman–Crippen LogP) is 4.97. The third kappa shape index (κ3) is 2.53. The highest BCUT2D eigenvalue weighted by Gasteiger charge is 2.67. The van der Waals surface area contributed by atoms with Crippen molar-refractivity contribution in [1.29, 1.82) is 0 Å². The second kappa shape index (κ2) is 5.52. The summed E-state index contributed by atoms with van der Waals surface area (Å²) in [6.45, 7) is 15.2. The first-order valence-electron chi connectivity index (χ1n) is 8.18. The van der Waals surface area contributed by atoms with Gasteiger partial charge in [0.25, 0.3) is 0 Å². The molecule has 0 amide bonds. The minimum Gasteiger partial charge on any atom is -0.310 e. The average Bonchev–Trinajstić information content (AvgIpc) is 2.82. The minimum absolute atomic E-state index is 0.418. The summed E-state index contributed by atoms with van der Waals surface area (Å²) < 4.78 is 0. The molecule has 0 aromatic heterocycles. The highest BCUT2D eigenvalue weighted by molar-refractivity contribution is 5.30. The molecule has 0 radical (unpaired) electrons. The molecular weight excluding hydrogens is 242 g/mol. The van der Waals surface area contributed by atoms with Gasteiger partial charge in [-0.2, -0.15) is 0 Å². The molecule has 1 saturated carbocycles. The lowest BCUT2D eigenvalue weighted by molar-refractivity contribution is 0.410. The number of rotatable bonds is 6. The van der Waals surface area contributed by atoms with Crippen molar-refractivity contribution in [3.63, 3.8) is 0 Å². The first kappa shape index (κ1) is 15.6. The van der Waals surface area contributed by atoms with E-state index in [0.29, 0.717) is 22.8 Å². The van der Waals surface area contributed by atoms with Crippen LogP contribution < -0.4 is 5.32 Å². The van der Waals surface area contributed by atoms with Gasteiger partial charge >= 0.3 is 0 Å². The smallest absolute Gasteiger partial charge is 0.0359 e. The van der Waals surface area contributed by atoms with Crippen molar-refractivity contribution in [1.82, 2.24) is 5.32 Å². The molecule has 1 aromatic rings. The van der Waals surface area contributed by atoms with Crippen LogP contribution in [0.15, 0.2) is 24.3 Å². The van der Waals surface area contributed by atoms with Crippen molar-refractivity contribution in [2.75, 3.05) is 6.54 Å². The molecule has 1 aliphatic rings. The van der Waals surface area contributed by atoms with E-state index in [9.17, 15) is 0 Å². The van der Waals surface area contributed by atoms with Crippen molar-refractivity contribution < 1.29 is 0 Å². The predicted molar refractivity (Wildman–Crippen MR) is 87.9 cm³/mol. The Morgan fingerprint density at radius 3 is 1.95 bits per heavy atom. The topological polar surface area (TPSA) is 12.0 Å². The molecule has 0 bridgehead atoms. The van der Waals surface area contributed by atoms with E-state index in [0.717, 1.165) is 13.0 Å². The molecule has 1 nitrogen and oxygen atoms in total. The van der Waals surface area contributed by atoms with Gasteiger partial charge in [0.05, 0.1) is 0 Å². The molecule has 0 spiro atoms. The Morgan fingerprint density at radius 1 is 1.00 bits per heavy atom. The van der Waals surface area contributed by atoms with Crippen LogP contribution >= 0.6 is 0 Å². The Balaban J connectivity index is 2.24. The van der Waals surface area contributed by atoms with E-state index in [4.69, 9.17) is 0 Å². The van der Waals surface area contributed by atoms with E-state index in [1.165, 1.54) is 17.5 Å². The Labute approximate surface area is 125 Å². The third-order valence-corrected chi connectivity index (χ3v) is 5.83. The van der Waals surface area contributed by atoms with Crippen molar-refractivity contribution in [2.45, 2.75) is 60.4 Å². The van der Waals surface area contributed by atoms with E-state index in [1.807, 2.05) is 0 Å². The summed E-state index contributed by atoms with van der Waals surface area (Å²) in [5.74, 6) is 0.717. The SMILES string of the molecule is CCCNC(c1ccc(CC)cc1)C1C(C)(C)C1(C)C. The van der Waals surface area contributed by atoms with Gasteiger partial charge in [0.1, 0.15) is 0 Å². The van der Waals surface area contributed by atoms with Crippen LogP contribution in [-0.4, -0.2) is 6.54 Å². The lowest BCUT2D eigenvalue weighted by Gasteiger charge is -2.22. The zero-order chi connectivity index (χ0) is 15.0. The normalized spacial score (nSPS) is 21.7. The van der Waals surface area contributed by atoms with Crippen LogP contribution in [0.25, 0.3) is 0 Å². The fourth-order valence-electron chi connectivity index (χ4n) is 3.77. The summed E-state index contributed by atoms with van der Waals surface area (Å²) in [4.78, 5) is 0. The first-order valence-corrected chi connectivity index (χ1v) is 8.18. The molecule has 1 aliphatic carbocycles. The molecule has 1 aromatic carbocycles. The van der Waals surface area contributed by atoms with Gasteiger partial charge < -0.3 is 5.32 Å². The second-order valence-corrected chi connectivity index (χ2v) is 7.45. The first-order chi connectivity index (χ1) is 9.36. The van der Waals surface area contributed by atoms with Crippen molar-refractivity contribution in [2.24, 2.45) is 16.7 Å². The second-order valence-electron chi connectivity index (χ2n) is 7.45. The van der Waals surface area contributed by atoms with Gasteiger partial charge in [0.15, 0.2) is 0 Å². The maximum absolute atomic E-state index is 3.80. The highest BCUT2D eigenvalue weighted by Crippen LogP contribution is 2.72. The van der Waals surface area contributed by atoms with Crippen LogP contribution in [0.5, 0.6) is 0 Å². The largest absolute Gasteiger partial charge is 0.310 e. The van der Waals surface area contributed by atoms with Crippen molar-refractivity contribution >= 4 is 0 Å². The zero-order valence-corrected chi connectivity index (χ0v) is 14.1. The standard InChI is InChI=1S/C19H31N/c1-7-13-20-16(17-18(3,4)19(17,5)6)15-11-9-14(8-2)10-12-15/h9-12,16-17,20H,7-8,13H2,1-6H3. The zero-order valence-electron chi connectivity index (χ0n) is 14.1. The quantitative estimate of drug-likeness (QED) is 0.771. The molecular formula is C19H31N. The van der Waals surface area contributed by atoms with Gasteiger partial charge in [0, 0.05) is 6.04 Å². The lowest BCUT2D eigenvalue weighted by atomic mass is 9.95. The Hall–Kier alpha value is -0.820. The summed E-state index contributed by atoms with van der Waals surface area (Å²) in [6.07, 6.45) is 2.31. The van der Waals surface area contributed by atoms with E-state index >= 15 is 0 Å². The van der Waals surface area contributed by atoms with E-state index in [1.54, 1.807) is 0 Å². The number of benzene rings is 1. The molecule has 0 heterocycles. The summed E-state index contributed by atoms with van der Waals surface area (Å²) in [5, 5.41) is 3.80. The van der Waals surface area contributed by atoms with E-state index in [-0.39, 0.29) is 0 Å². The van der Waals surface area contributed by atoms with Gasteiger partial charge in [-0.15, -0.1) is 0 Å². The van der Waals surface area contributed by atoms with Gasteiger partial charge in [-0.1, -0.05) is 65.8 Å². The third-order valence-electron chi connectivity index (χ3n) is 5.83. The van der Waals surface area contributed by atoms with Gasteiger partial charge in [-0.3, -0.25) is 0 Å². The Kier molecular flexibility index (Phi) is 4.30. The number of hydrogen-bond acceptors (Lipinski definition) is 1. The molecule has 1 fully saturated rings. The number of hydrogen-bond donors (Lipinski definition) is 1. The Morgan fingerprint density at radius 2 is 1.55 bits per heavy atom. The number of aryl methyl sites for hydroxylation is 1. The lowest BCUT2D eigenvalue weighted by Crippen LogP contribution is -2.26. The molecule has 0 aliphatic heterocycles. The maximum Gasteiger partial charge on any atom is 0.0359 e. The molecule has 1 heteroatoms. The van der Waals surface area contributed by atoms with Crippen LogP contribution in [0.1, 0.15) is 65.1 Å². The van der Waals surface area contributed by atoms with Crippen molar-refractivity contribution in [3.8, 4) is 0 Å². The highest BCUT2D eigenvalue weighted by atomic mass is 15.0. The molecule has 0 saturated heterocycles.